The Labute approximate surface area is 172 Å². The summed E-state index contributed by atoms with van der Waals surface area (Å²) < 4.78 is 42.5. The highest BCUT2D eigenvalue weighted by molar-refractivity contribution is 5.88. The highest BCUT2D eigenvalue weighted by Crippen LogP contribution is 2.45. The van der Waals surface area contributed by atoms with Crippen LogP contribution in [-0.2, 0) is 5.54 Å². The van der Waals surface area contributed by atoms with E-state index >= 15 is 0 Å². The van der Waals surface area contributed by atoms with Gasteiger partial charge >= 0.3 is 0 Å². The summed E-state index contributed by atoms with van der Waals surface area (Å²) >= 11 is 0. The molecule has 1 aliphatic rings. The van der Waals surface area contributed by atoms with Crippen LogP contribution in [0.3, 0.4) is 0 Å². The molecular formula is C22H23F3N4O. The van der Waals surface area contributed by atoms with E-state index in [2.05, 4.69) is 22.2 Å². The molecule has 1 atom stereocenters. The lowest BCUT2D eigenvalue weighted by molar-refractivity contribution is 0.146. The second-order valence-electron chi connectivity index (χ2n) is 7.90. The first kappa shape index (κ1) is 20.4. The number of aromatic nitrogens is 3. The van der Waals surface area contributed by atoms with Crippen LogP contribution in [0.4, 0.5) is 19.0 Å². The van der Waals surface area contributed by atoms with Gasteiger partial charge in [0.15, 0.2) is 0 Å². The van der Waals surface area contributed by atoms with Gasteiger partial charge in [0, 0.05) is 23.4 Å². The van der Waals surface area contributed by atoms with Crippen molar-refractivity contribution in [3.05, 3.63) is 63.6 Å². The van der Waals surface area contributed by atoms with E-state index in [0.29, 0.717) is 22.5 Å². The third kappa shape index (κ3) is 3.44. The Morgan fingerprint density at radius 3 is 2.57 bits per heavy atom. The minimum absolute atomic E-state index is 0.116. The second-order valence-corrected chi connectivity index (χ2v) is 7.90. The zero-order chi connectivity index (χ0) is 21.6. The number of fused-ring (bicyclic) bond motifs is 1. The van der Waals surface area contributed by atoms with Gasteiger partial charge in [-0.05, 0) is 33.1 Å². The molecule has 0 radical (unpaired) electrons. The predicted octanol–water partition coefficient (Wildman–Crippen LogP) is 5.25. The molecular weight excluding hydrogens is 393 g/mol. The zero-order valence-electron chi connectivity index (χ0n) is 17.0. The first-order valence-electron chi connectivity index (χ1n) is 10.0. The van der Waals surface area contributed by atoms with Crippen LogP contribution in [0.5, 0.6) is 0 Å². The van der Waals surface area contributed by atoms with Gasteiger partial charge < -0.3 is 9.88 Å². The topological polar surface area (TPSA) is 59.8 Å². The van der Waals surface area contributed by atoms with Crippen LogP contribution in [0.15, 0.2) is 35.3 Å². The average molecular weight is 416 g/mol. The van der Waals surface area contributed by atoms with Crippen LogP contribution in [-0.4, -0.2) is 14.5 Å². The van der Waals surface area contributed by atoms with Crippen molar-refractivity contribution in [2.24, 2.45) is 0 Å². The van der Waals surface area contributed by atoms with Gasteiger partial charge in [0.1, 0.15) is 17.5 Å². The second kappa shape index (κ2) is 7.41. The van der Waals surface area contributed by atoms with Crippen LogP contribution < -0.4 is 10.9 Å². The van der Waals surface area contributed by atoms with Crippen molar-refractivity contribution in [2.75, 3.05) is 5.32 Å². The van der Waals surface area contributed by atoms with E-state index in [4.69, 9.17) is 0 Å². The Hall–Kier alpha value is -2.90. The van der Waals surface area contributed by atoms with Crippen molar-refractivity contribution in [3.63, 3.8) is 0 Å². The molecule has 1 fully saturated rings. The third-order valence-corrected chi connectivity index (χ3v) is 5.95. The van der Waals surface area contributed by atoms with E-state index < -0.39 is 23.8 Å². The van der Waals surface area contributed by atoms with Gasteiger partial charge in [0.2, 0.25) is 0 Å². The van der Waals surface area contributed by atoms with Gasteiger partial charge in [0.25, 0.3) is 12.0 Å². The quantitative estimate of drug-likeness (QED) is 0.596. The summed E-state index contributed by atoms with van der Waals surface area (Å²) in [5, 5.41) is 3.77. The first-order chi connectivity index (χ1) is 14.3. The van der Waals surface area contributed by atoms with Crippen molar-refractivity contribution >= 4 is 16.7 Å². The summed E-state index contributed by atoms with van der Waals surface area (Å²) in [6.07, 6.45) is 1.58. The number of anilines is 1. The van der Waals surface area contributed by atoms with E-state index in [-0.39, 0.29) is 16.7 Å². The number of aryl methyl sites for hydroxylation is 1. The van der Waals surface area contributed by atoms with Crippen molar-refractivity contribution in [1.82, 2.24) is 14.5 Å². The van der Waals surface area contributed by atoms with Crippen LogP contribution in [0.1, 0.15) is 62.5 Å². The predicted molar refractivity (Wildman–Crippen MR) is 109 cm³/mol. The molecule has 1 saturated carbocycles. The van der Waals surface area contributed by atoms with Gasteiger partial charge in [-0.25, -0.2) is 23.1 Å². The summed E-state index contributed by atoms with van der Waals surface area (Å²) in [5.41, 5.74) is -0.298. The molecule has 1 unspecified atom stereocenters. The van der Waals surface area contributed by atoms with Crippen molar-refractivity contribution in [2.45, 2.75) is 58.0 Å². The smallest absolute Gasteiger partial charge is 0.266 e. The molecule has 3 aromatic rings. The van der Waals surface area contributed by atoms with Gasteiger partial charge in [-0.15, -0.1) is 0 Å². The monoisotopic (exact) mass is 416 g/mol. The number of rotatable bonds is 6. The van der Waals surface area contributed by atoms with Crippen molar-refractivity contribution < 1.29 is 13.2 Å². The highest BCUT2D eigenvalue weighted by Gasteiger charge is 2.43. The molecule has 158 valence electrons. The molecule has 30 heavy (non-hydrogen) atoms. The van der Waals surface area contributed by atoms with Gasteiger partial charge in [-0.2, -0.15) is 0 Å². The Morgan fingerprint density at radius 1 is 1.23 bits per heavy atom. The van der Waals surface area contributed by atoms with E-state index in [1.807, 2.05) is 0 Å². The Bertz CT molecular complexity index is 1170. The maximum absolute atomic E-state index is 14.6. The molecule has 0 saturated heterocycles. The van der Waals surface area contributed by atoms with E-state index in [1.165, 1.54) is 18.2 Å². The maximum Gasteiger partial charge on any atom is 0.266 e. The SMILES string of the molecule is CCC1(n2cc3c(NC(C)c4cccc(C(F)F)c4F)nc(C)nc3cc2=O)CC1. The lowest BCUT2D eigenvalue weighted by atomic mass is 10.0. The van der Waals surface area contributed by atoms with E-state index in [9.17, 15) is 18.0 Å². The number of alkyl halides is 2. The molecule has 2 aromatic heterocycles. The molecule has 0 bridgehead atoms. The lowest BCUT2D eigenvalue weighted by Crippen LogP contribution is -2.29. The van der Waals surface area contributed by atoms with E-state index in [0.717, 1.165) is 25.3 Å². The number of nitrogens with zero attached hydrogens (tertiary/aromatic N) is 3. The molecule has 2 heterocycles. The molecule has 0 aliphatic heterocycles. The third-order valence-electron chi connectivity index (χ3n) is 5.95. The van der Waals surface area contributed by atoms with Crippen molar-refractivity contribution in [3.8, 4) is 0 Å². The molecule has 5 nitrogen and oxygen atoms in total. The number of nitrogens with one attached hydrogen (secondary N) is 1. The standard InChI is InChI=1S/C22H23F3N4O/c1-4-22(8-9-22)29-11-16-17(10-18(29)30)27-13(3)28-21(16)26-12(2)14-6-5-7-15(19(14)23)20(24)25/h5-7,10-12,20H,4,8-9H2,1-3H3,(H,26,27,28). The first-order valence-corrected chi connectivity index (χ1v) is 10.0. The fraction of sp³-hybridized carbons (Fsp3) is 0.409. The fourth-order valence-electron chi connectivity index (χ4n) is 3.96. The number of hydrogen-bond acceptors (Lipinski definition) is 4. The Kier molecular flexibility index (Phi) is 5.03. The Balaban J connectivity index is 1.78. The molecule has 1 aliphatic carbocycles. The summed E-state index contributed by atoms with van der Waals surface area (Å²) in [5.74, 6) is -0.0392. The highest BCUT2D eigenvalue weighted by atomic mass is 19.3. The lowest BCUT2D eigenvalue weighted by Gasteiger charge is -2.21. The zero-order valence-corrected chi connectivity index (χ0v) is 17.0. The summed E-state index contributed by atoms with van der Waals surface area (Å²) in [7, 11) is 0. The fourth-order valence-corrected chi connectivity index (χ4v) is 3.96. The maximum atomic E-state index is 14.6. The molecule has 4 rings (SSSR count). The van der Waals surface area contributed by atoms with Gasteiger partial charge in [-0.1, -0.05) is 25.1 Å². The van der Waals surface area contributed by atoms with Crippen LogP contribution >= 0.6 is 0 Å². The summed E-state index contributed by atoms with van der Waals surface area (Å²) in [6.45, 7) is 5.43. The van der Waals surface area contributed by atoms with Crippen molar-refractivity contribution in [1.29, 1.82) is 0 Å². The average Bonchev–Trinajstić information content (AvgIpc) is 3.48. The number of halogens is 3. The molecule has 1 N–H and O–H groups in total. The molecule has 8 heteroatoms. The molecule has 0 spiro atoms. The van der Waals surface area contributed by atoms with Crippen LogP contribution in [0, 0.1) is 12.7 Å². The van der Waals surface area contributed by atoms with E-state index in [1.54, 1.807) is 24.6 Å². The number of pyridine rings is 1. The number of benzene rings is 1. The molecule has 0 amide bonds. The Morgan fingerprint density at radius 2 is 1.93 bits per heavy atom. The minimum atomic E-state index is -2.89. The normalized spacial score (nSPS) is 16.1. The summed E-state index contributed by atoms with van der Waals surface area (Å²) in [4.78, 5) is 21.5. The molecule has 1 aromatic carbocycles. The largest absolute Gasteiger partial charge is 0.363 e. The van der Waals surface area contributed by atoms with Crippen LogP contribution in [0.2, 0.25) is 0 Å². The van der Waals surface area contributed by atoms with Gasteiger partial charge in [0.05, 0.1) is 22.5 Å². The van der Waals surface area contributed by atoms with Gasteiger partial charge in [-0.3, -0.25) is 4.79 Å². The summed E-state index contributed by atoms with van der Waals surface area (Å²) in [6, 6.07) is 4.84. The minimum Gasteiger partial charge on any atom is -0.363 e. The van der Waals surface area contributed by atoms with Crippen LogP contribution in [0.25, 0.3) is 10.9 Å². The number of hydrogen-bond donors (Lipinski definition) is 1.